The number of methoxy groups -OCH3 is 2. The van der Waals surface area contributed by atoms with Crippen LogP contribution >= 0.6 is 0 Å². The van der Waals surface area contributed by atoms with Crippen LogP contribution in [0.25, 0.3) is 11.1 Å². The Balaban J connectivity index is 1.95. The molecule has 2 heteroatoms. The second-order valence-electron chi connectivity index (χ2n) is 5.72. The Labute approximate surface area is 138 Å². The average Bonchev–Trinajstić information content (AvgIpc) is 2.62. The first-order valence-corrected chi connectivity index (χ1v) is 7.92. The maximum Gasteiger partial charge on any atom is 0.118 e. The molecule has 2 aromatic carbocycles. The van der Waals surface area contributed by atoms with E-state index in [0.717, 1.165) is 24.3 Å². The Hall–Kier alpha value is -2.48. The predicted octanol–water partition coefficient (Wildman–Crippen LogP) is 5.35. The first kappa shape index (κ1) is 15.4. The number of rotatable bonds is 4. The molecule has 23 heavy (non-hydrogen) atoms. The summed E-state index contributed by atoms with van der Waals surface area (Å²) >= 11 is 0. The van der Waals surface area contributed by atoms with Gasteiger partial charge in [-0.2, -0.15) is 0 Å². The van der Waals surface area contributed by atoms with E-state index in [0.29, 0.717) is 0 Å². The quantitative estimate of drug-likeness (QED) is 0.757. The Morgan fingerprint density at radius 2 is 1.26 bits per heavy atom. The lowest BCUT2D eigenvalue weighted by Gasteiger charge is -2.20. The van der Waals surface area contributed by atoms with Crippen LogP contribution in [0.3, 0.4) is 0 Å². The van der Waals surface area contributed by atoms with Gasteiger partial charge in [0.05, 0.1) is 14.2 Å². The van der Waals surface area contributed by atoms with Crippen LogP contribution in [0.15, 0.2) is 60.2 Å². The largest absolute Gasteiger partial charge is 0.497 e. The highest BCUT2D eigenvalue weighted by Crippen LogP contribution is 2.37. The lowest BCUT2D eigenvalue weighted by Crippen LogP contribution is -1.99. The predicted molar refractivity (Wildman–Crippen MR) is 95.8 cm³/mol. The van der Waals surface area contributed by atoms with Gasteiger partial charge in [0.1, 0.15) is 11.5 Å². The Morgan fingerprint density at radius 1 is 0.739 bits per heavy atom. The molecule has 0 aliphatic heterocycles. The standard InChI is InChI=1S/C21H22O2/c1-15-20(16-7-11-18(22-2)12-8-16)5-4-6-21(15)17-9-13-19(23-3)14-10-17/h5,7-14H,4,6H2,1-3H3. The third-order valence-corrected chi connectivity index (χ3v) is 4.44. The maximum atomic E-state index is 5.26. The van der Waals surface area contributed by atoms with Crippen molar-refractivity contribution in [2.45, 2.75) is 19.8 Å². The van der Waals surface area contributed by atoms with Crippen molar-refractivity contribution >= 4 is 11.1 Å². The third-order valence-electron chi connectivity index (χ3n) is 4.44. The van der Waals surface area contributed by atoms with Crippen LogP contribution < -0.4 is 9.47 Å². The first-order chi connectivity index (χ1) is 11.2. The topological polar surface area (TPSA) is 18.5 Å². The molecule has 0 saturated carbocycles. The molecule has 3 rings (SSSR count). The van der Waals surface area contributed by atoms with Gasteiger partial charge in [0.25, 0.3) is 0 Å². The highest BCUT2D eigenvalue weighted by atomic mass is 16.5. The van der Waals surface area contributed by atoms with Gasteiger partial charge in [-0.05, 0) is 71.9 Å². The van der Waals surface area contributed by atoms with Crippen LogP contribution in [0.4, 0.5) is 0 Å². The summed E-state index contributed by atoms with van der Waals surface area (Å²) in [6, 6.07) is 16.7. The van der Waals surface area contributed by atoms with Crippen LogP contribution in [0.2, 0.25) is 0 Å². The fourth-order valence-corrected chi connectivity index (χ4v) is 3.12. The average molecular weight is 306 g/mol. The molecule has 1 aliphatic rings. The van der Waals surface area contributed by atoms with E-state index in [-0.39, 0.29) is 0 Å². The van der Waals surface area contributed by atoms with Gasteiger partial charge in [0, 0.05) is 0 Å². The molecule has 0 atom stereocenters. The zero-order valence-corrected chi connectivity index (χ0v) is 13.9. The van der Waals surface area contributed by atoms with Crippen molar-refractivity contribution in [3.63, 3.8) is 0 Å². The molecule has 2 nitrogen and oxygen atoms in total. The Kier molecular flexibility index (Phi) is 4.52. The fourth-order valence-electron chi connectivity index (χ4n) is 3.12. The molecular weight excluding hydrogens is 284 g/mol. The van der Waals surface area contributed by atoms with Crippen LogP contribution in [0, 0.1) is 0 Å². The normalized spacial score (nSPS) is 14.5. The van der Waals surface area contributed by atoms with Gasteiger partial charge in [0.2, 0.25) is 0 Å². The van der Waals surface area contributed by atoms with Crippen molar-refractivity contribution in [1.29, 1.82) is 0 Å². The van der Waals surface area contributed by atoms with Crippen molar-refractivity contribution in [3.8, 4) is 11.5 Å². The van der Waals surface area contributed by atoms with E-state index in [2.05, 4.69) is 37.3 Å². The van der Waals surface area contributed by atoms with Gasteiger partial charge in [-0.3, -0.25) is 0 Å². The summed E-state index contributed by atoms with van der Waals surface area (Å²) in [5.41, 5.74) is 6.62. The minimum absolute atomic E-state index is 0.891. The molecule has 0 heterocycles. The monoisotopic (exact) mass is 306 g/mol. The molecule has 0 N–H and O–H groups in total. The van der Waals surface area contributed by atoms with E-state index < -0.39 is 0 Å². The second kappa shape index (κ2) is 6.74. The van der Waals surface area contributed by atoms with E-state index in [1.54, 1.807) is 14.2 Å². The maximum absolute atomic E-state index is 5.26. The van der Waals surface area contributed by atoms with E-state index in [1.807, 2.05) is 24.3 Å². The van der Waals surface area contributed by atoms with Gasteiger partial charge in [-0.25, -0.2) is 0 Å². The molecule has 0 spiro atoms. The highest BCUT2D eigenvalue weighted by Gasteiger charge is 2.15. The molecule has 0 radical (unpaired) electrons. The molecule has 0 fully saturated rings. The van der Waals surface area contributed by atoms with Gasteiger partial charge in [-0.1, -0.05) is 30.3 Å². The fraction of sp³-hybridized carbons (Fsp3) is 0.238. The molecule has 0 bridgehead atoms. The van der Waals surface area contributed by atoms with Crippen LogP contribution in [0.5, 0.6) is 11.5 Å². The van der Waals surface area contributed by atoms with Gasteiger partial charge >= 0.3 is 0 Å². The van der Waals surface area contributed by atoms with E-state index in [9.17, 15) is 0 Å². The summed E-state index contributed by atoms with van der Waals surface area (Å²) in [5, 5.41) is 0. The molecule has 2 aromatic rings. The van der Waals surface area contributed by atoms with Crippen molar-refractivity contribution in [2.24, 2.45) is 0 Å². The summed E-state index contributed by atoms with van der Waals surface area (Å²) in [4.78, 5) is 0. The summed E-state index contributed by atoms with van der Waals surface area (Å²) in [6.07, 6.45) is 4.49. The summed E-state index contributed by atoms with van der Waals surface area (Å²) in [7, 11) is 3.40. The number of ether oxygens (including phenoxy) is 2. The van der Waals surface area contributed by atoms with Crippen molar-refractivity contribution in [2.75, 3.05) is 14.2 Å². The molecule has 0 unspecified atom stereocenters. The van der Waals surface area contributed by atoms with E-state index >= 15 is 0 Å². The number of benzene rings is 2. The third kappa shape index (κ3) is 3.16. The SMILES string of the molecule is COc1ccc(C2=CCCC(c3ccc(OC)cc3)=C2C)cc1. The molecular formula is C21H22O2. The van der Waals surface area contributed by atoms with E-state index in [1.165, 1.54) is 27.8 Å². The number of allylic oxidation sites excluding steroid dienone is 4. The minimum atomic E-state index is 0.891. The summed E-state index contributed by atoms with van der Waals surface area (Å²) < 4.78 is 10.5. The lowest BCUT2D eigenvalue weighted by atomic mass is 9.85. The van der Waals surface area contributed by atoms with Crippen molar-refractivity contribution < 1.29 is 9.47 Å². The van der Waals surface area contributed by atoms with Gasteiger partial charge in [-0.15, -0.1) is 0 Å². The Morgan fingerprint density at radius 3 is 1.78 bits per heavy atom. The summed E-state index contributed by atoms with van der Waals surface area (Å²) in [5.74, 6) is 1.79. The minimum Gasteiger partial charge on any atom is -0.497 e. The molecule has 0 amide bonds. The van der Waals surface area contributed by atoms with Gasteiger partial charge < -0.3 is 9.47 Å². The van der Waals surface area contributed by atoms with Crippen LogP contribution in [-0.2, 0) is 0 Å². The van der Waals surface area contributed by atoms with Crippen LogP contribution in [0.1, 0.15) is 30.9 Å². The molecule has 1 aliphatic carbocycles. The first-order valence-electron chi connectivity index (χ1n) is 7.92. The molecule has 0 saturated heterocycles. The van der Waals surface area contributed by atoms with Crippen LogP contribution in [-0.4, -0.2) is 14.2 Å². The Bertz CT molecular complexity index is 734. The number of hydrogen-bond acceptors (Lipinski definition) is 2. The molecule has 0 aromatic heterocycles. The van der Waals surface area contributed by atoms with Crippen molar-refractivity contribution in [1.82, 2.24) is 0 Å². The zero-order valence-electron chi connectivity index (χ0n) is 13.9. The van der Waals surface area contributed by atoms with Gasteiger partial charge in [0.15, 0.2) is 0 Å². The second-order valence-corrected chi connectivity index (χ2v) is 5.72. The molecule has 118 valence electrons. The highest BCUT2D eigenvalue weighted by molar-refractivity contribution is 5.90. The van der Waals surface area contributed by atoms with Crippen molar-refractivity contribution in [3.05, 3.63) is 71.3 Å². The summed E-state index contributed by atoms with van der Waals surface area (Å²) in [6.45, 7) is 2.22. The van der Waals surface area contributed by atoms with E-state index in [4.69, 9.17) is 9.47 Å². The number of hydrogen-bond donors (Lipinski definition) is 0. The smallest absolute Gasteiger partial charge is 0.118 e. The lowest BCUT2D eigenvalue weighted by molar-refractivity contribution is 0.414. The zero-order chi connectivity index (χ0) is 16.2.